The van der Waals surface area contributed by atoms with Gasteiger partial charge in [0.25, 0.3) is 0 Å². The minimum atomic E-state index is -4.18. The number of nitrogens with one attached hydrogen (secondary N) is 2. The van der Waals surface area contributed by atoms with Gasteiger partial charge < -0.3 is 15.0 Å². The predicted molar refractivity (Wildman–Crippen MR) is 127 cm³/mol. The van der Waals surface area contributed by atoms with E-state index in [1.54, 1.807) is 23.1 Å². The van der Waals surface area contributed by atoms with Crippen molar-refractivity contribution in [2.75, 3.05) is 32.3 Å². The zero-order valence-electron chi connectivity index (χ0n) is 19.3. The van der Waals surface area contributed by atoms with Crippen LogP contribution in [-0.4, -0.2) is 63.7 Å². The molecule has 2 saturated heterocycles. The number of halogens is 2. The molecule has 10 heteroatoms. The molecule has 7 nitrogen and oxygen atoms in total. The van der Waals surface area contributed by atoms with Crippen LogP contribution in [0.15, 0.2) is 48.5 Å². The smallest absolute Gasteiger partial charge is 0.317 e. The maximum atomic E-state index is 15.7. The van der Waals surface area contributed by atoms with Crippen molar-refractivity contribution in [3.8, 4) is 11.1 Å². The van der Waals surface area contributed by atoms with Gasteiger partial charge in [-0.25, -0.2) is 26.7 Å². The molecule has 3 aliphatic rings. The highest BCUT2D eigenvalue weighted by Gasteiger charge is 2.61. The van der Waals surface area contributed by atoms with Crippen molar-refractivity contribution in [3.05, 3.63) is 59.9 Å². The van der Waals surface area contributed by atoms with Crippen LogP contribution in [0.4, 0.5) is 13.6 Å². The zero-order valence-corrected chi connectivity index (χ0v) is 20.1. The molecule has 0 radical (unpaired) electrons. The summed E-state index contributed by atoms with van der Waals surface area (Å²) in [6.45, 7) is 1.96. The lowest BCUT2D eigenvalue weighted by Crippen LogP contribution is -2.52. The Morgan fingerprint density at radius 3 is 2.49 bits per heavy atom. The van der Waals surface area contributed by atoms with Crippen LogP contribution in [0.5, 0.6) is 0 Å². The van der Waals surface area contributed by atoms with Crippen molar-refractivity contribution in [2.24, 2.45) is 11.3 Å². The van der Waals surface area contributed by atoms with E-state index in [1.807, 2.05) is 30.3 Å². The second-order valence-corrected chi connectivity index (χ2v) is 11.5. The van der Waals surface area contributed by atoms with Crippen LogP contribution in [-0.2, 0) is 21.2 Å². The van der Waals surface area contributed by atoms with E-state index >= 15 is 4.39 Å². The SMILES string of the molecule is O=C(NCC1COC1)N1CC2(CC2)[C@H](NS(=O)(=O)CF)[C@@H]1Cc1cccc(-c2ccccc2)c1F. The van der Waals surface area contributed by atoms with E-state index in [2.05, 4.69) is 10.0 Å². The summed E-state index contributed by atoms with van der Waals surface area (Å²) in [5.41, 5.74) is 1.08. The summed E-state index contributed by atoms with van der Waals surface area (Å²) in [5.74, 6) is -0.162. The van der Waals surface area contributed by atoms with E-state index in [9.17, 15) is 17.6 Å². The van der Waals surface area contributed by atoms with Crippen LogP contribution in [0.1, 0.15) is 18.4 Å². The second-order valence-electron chi connectivity index (χ2n) is 9.82. The molecular weight excluding hydrogens is 476 g/mol. The van der Waals surface area contributed by atoms with E-state index < -0.39 is 39.3 Å². The molecule has 2 aromatic rings. The first kappa shape index (κ1) is 24.1. The fourth-order valence-corrected chi connectivity index (χ4v) is 6.05. The minimum Gasteiger partial charge on any atom is -0.381 e. The van der Waals surface area contributed by atoms with E-state index in [0.717, 1.165) is 18.4 Å². The number of sulfonamides is 1. The maximum Gasteiger partial charge on any atom is 0.317 e. The normalized spacial score (nSPS) is 23.3. The topological polar surface area (TPSA) is 87.7 Å². The molecule has 1 saturated carbocycles. The number of rotatable bonds is 8. The molecule has 1 aliphatic carbocycles. The van der Waals surface area contributed by atoms with Crippen LogP contribution < -0.4 is 10.0 Å². The summed E-state index contributed by atoms with van der Waals surface area (Å²) >= 11 is 0. The van der Waals surface area contributed by atoms with Gasteiger partial charge in [-0.1, -0.05) is 48.5 Å². The van der Waals surface area contributed by atoms with Crippen LogP contribution in [0.2, 0.25) is 0 Å². The number of hydrogen-bond donors (Lipinski definition) is 2. The lowest BCUT2D eigenvalue weighted by molar-refractivity contribution is -0.0298. The van der Waals surface area contributed by atoms with Crippen LogP contribution >= 0.6 is 0 Å². The average Bonchev–Trinajstić information content (AvgIpc) is 3.55. The molecule has 2 aromatic carbocycles. The largest absolute Gasteiger partial charge is 0.381 e. The number of hydrogen-bond acceptors (Lipinski definition) is 4. The third kappa shape index (κ3) is 4.92. The van der Waals surface area contributed by atoms with Crippen molar-refractivity contribution in [2.45, 2.75) is 31.3 Å². The first-order chi connectivity index (χ1) is 16.8. The number of urea groups is 1. The van der Waals surface area contributed by atoms with Gasteiger partial charge in [0.15, 0.2) is 0 Å². The Kier molecular flexibility index (Phi) is 6.54. The number of carbonyl (C=O) groups is 1. The fourth-order valence-electron chi connectivity index (χ4n) is 5.19. The third-order valence-electron chi connectivity index (χ3n) is 7.37. The van der Waals surface area contributed by atoms with Crippen molar-refractivity contribution in [1.82, 2.24) is 14.9 Å². The van der Waals surface area contributed by atoms with Crippen molar-refractivity contribution in [3.63, 3.8) is 0 Å². The van der Waals surface area contributed by atoms with E-state index in [-0.39, 0.29) is 18.4 Å². The van der Waals surface area contributed by atoms with Gasteiger partial charge in [-0.2, -0.15) is 0 Å². The third-order valence-corrected chi connectivity index (χ3v) is 8.28. The summed E-state index contributed by atoms with van der Waals surface area (Å²) in [6, 6.07) is 11.0. The van der Waals surface area contributed by atoms with Gasteiger partial charge in [0.05, 0.1) is 19.3 Å². The molecule has 35 heavy (non-hydrogen) atoms. The fraction of sp³-hybridized carbons (Fsp3) is 0.480. The number of alkyl halides is 1. The average molecular weight is 506 g/mol. The Bertz CT molecular complexity index is 1190. The first-order valence-corrected chi connectivity index (χ1v) is 13.5. The van der Waals surface area contributed by atoms with Crippen LogP contribution in [0.25, 0.3) is 11.1 Å². The Balaban J connectivity index is 1.45. The molecule has 188 valence electrons. The second kappa shape index (κ2) is 9.48. The van der Waals surface area contributed by atoms with E-state index in [4.69, 9.17) is 4.74 Å². The summed E-state index contributed by atoms with van der Waals surface area (Å²) in [4.78, 5) is 14.8. The van der Waals surface area contributed by atoms with Gasteiger partial charge in [0.2, 0.25) is 16.0 Å². The van der Waals surface area contributed by atoms with Crippen LogP contribution in [0.3, 0.4) is 0 Å². The van der Waals surface area contributed by atoms with Gasteiger partial charge in [-0.05, 0) is 30.4 Å². The Morgan fingerprint density at radius 2 is 1.86 bits per heavy atom. The van der Waals surface area contributed by atoms with Gasteiger partial charge in [0.1, 0.15) is 5.82 Å². The molecule has 2 atom stereocenters. The Hall–Kier alpha value is -2.56. The number of amides is 2. The van der Waals surface area contributed by atoms with Crippen molar-refractivity contribution >= 4 is 16.1 Å². The molecular formula is C25H29F2N3O4S. The monoisotopic (exact) mass is 505 g/mol. The molecule has 0 aromatic heterocycles. The molecule has 2 heterocycles. The Labute approximate surface area is 203 Å². The molecule has 2 amide bonds. The summed E-state index contributed by atoms with van der Waals surface area (Å²) in [5, 5.41) is 2.92. The highest BCUT2D eigenvalue weighted by atomic mass is 32.2. The van der Waals surface area contributed by atoms with E-state index in [0.29, 0.717) is 37.4 Å². The molecule has 2 aliphatic heterocycles. The first-order valence-electron chi connectivity index (χ1n) is 11.8. The molecule has 3 fully saturated rings. The standard InChI is InChI=1S/C25H29F2N3O4S/c26-16-35(32,33)29-23-21(11-19-7-4-8-20(22(19)27)18-5-2-1-3-6-18)30(15-25(23)9-10-25)24(31)28-12-17-13-34-14-17/h1-8,17,21,23,29H,9-16H2,(H,28,31)/t21-,23+/m0/s1. The number of likely N-dealkylation sites (tertiary alicyclic amines) is 1. The van der Waals surface area contributed by atoms with Crippen LogP contribution in [0, 0.1) is 17.2 Å². The highest BCUT2D eigenvalue weighted by Crippen LogP contribution is 2.55. The lowest BCUT2D eigenvalue weighted by Gasteiger charge is -2.31. The maximum absolute atomic E-state index is 15.7. The van der Waals surface area contributed by atoms with Gasteiger partial charge in [-0.15, -0.1) is 0 Å². The van der Waals surface area contributed by atoms with Gasteiger partial charge in [-0.3, -0.25) is 0 Å². The van der Waals surface area contributed by atoms with Gasteiger partial charge in [0, 0.05) is 36.0 Å². The number of nitrogens with zero attached hydrogens (tertiary/aromatic N) is 1. The van der Waals surface area contributed by atoms with Crippen molar-refractivity contribution < 1.29 is 26.7 Å². The minimum absolute atomic E-state index is 0.105. The zero-order chi connectivity index (χ0) is 24.6. The predicted octanol–water partition coefficient (Wildman–Crippen LogP) is 3.07. The quantitative estimate of drug-likeness (QED) is 0.577. The molecule has 5 rings (SSSR count). The lowest BCUT2D eigenvalue weighted by atomic mass is 9.91. The van der Waals surface area contributed by atoms with E-state index in [1.165, 1.54) is 0 Å². The molecule has 0 bridgehead atoms. The van der Waals surface area contributed by atoms with Crippen molar-refractivity contribution in [1.29, 1.82) is 0 Å². The molecule has 1 spiro atoms. The molecule has 0 unspecified atom stereocenters. The summed E-state index contributed by atoms with van der Waals surface area (Å²) in [7, 11) is -4.18. The Morgan fingerprint density at radius 1 is 1.11 bits per heavy atom. The summed E-state index contributed by atoms with van der Waals surface area (Å²) in [6.07, 6.45) is 1.54. The van der Waals surface area contributed by atoms with Gasteiger partial charge >= 0.3 is 6.03 Å². The number of benzene rings is 2. The highest BCUT2D eigenvalue weighted by molar-refractivity contribution is 7.89. The number of ether oxygens (including phenoxy) is 1. The summed E-state index contributed by atoms with van der Waals surface area (Å²) < 4.78 is 61.0. The molecule has 2 N–H and O–H groups in total. The number of carbonyl (C=O) groups excluding carboxylic acids is 1.